The average Bonchev–Trinajstić information content (AvgIpc) is 2.77. The van der Waals surface area contributed by atoms with E-state index in [9.17, 15) is 9.59 Å². The Hall–Kier alpha value is -1.11. The second-order valence-electron chi connectivity index (χ2n) is 7.48. The molecule has 9 heteroatoms. The zero-order chi connectivity index (χ0) is 24.4. The first kappa shape index (κ1) is 28.1. The predicted octanol–water partition coefficient (Wildman–Crippen LogP) is 7.26. The number of hydrogen-bond donors (Lipinski definition) is 1. The third-order valence-electron chi connectivity index (χ3n) is 5.14. The number of rotatable bonds is 12. The van der Waals surface area contributed by atoms with Crippen molar-refractivity contribution in [1.82, 2.24) is 10.2 Å². The molecule has 1 N–H and O–H groups in total. The molecule has 2 amide bonds. The second-order valence-corrected chi connectivity index (χ2v) is 10.1. The SMILES string of the molecule is CCCCNC(=O)[C@H](CC)N(Cc1c(Cl)cccc1Cl)C(=O)CSCc1c(Cl)cccc1Cl. The van der Waals surface area contributed by atoms with Gasteiger partial charge in [0.25, 0.3) is 0 Å². The van der Waals surface area contributed by atoms with E-state index in [1.165, 1.54) is 11.8 Å². The molecule has 2 rings (SSSR count). The first-order chi connectivity index (χ1) is 15.8. The summed E-state index contributed by atoms with van der Waals surface area (Å²) in [6, 6.07) is 9.88. The van der Waals surface area contributed by atoms with E-state index >= 15 is 0 Å². The fraction of sp³-hybridized carbons (Fsp3) is 0.417. The van der Waals surface area contributed by atoms with Crippen LogP contribution in [0.4, 0.5) is 0 Å². The lowest BCUT2D eigenvalue weighted by Gasteiger charge is -2.31. The highest BCUT2D eigenvalue weighted by Crippen LogP contribution is 2.30. The van der Waals surface area contributed by atoms with Gasteiger partial charge in [0.15, 0.2) is 0 Å². The van der Waals surface area contributed by atoms with Crippen LogP contribution in [0.2, 0.25) is 20.1 Å². The van der Waals surface area contributed by atoms with E-state index in [4.69, 9.17) is 46.4 Å². The number of nitrogens with zero attached hydrogens (tertiary/aromatic N) is 1. The number of nitrogens with one attached hydrogen (secondary N) is 1. The normalized spacial score (nSPS) is 11.8. The van der Waals surface area contributed by atoms with E-state index in [-0.39, 0.29) is 24.1 Å². The van der Waals surface area contributed by atoms with Gasteiger partial charge < -0.3 is 10.2 Å². The highest BCUT2D eigenvalue weighted by molar-refractivity contribution is 7.99. The van der Waals surface area contributed by atoms with Gasteiger partial charge in [0.1, 0.15) is 6.04 Å². The number of halogens is 4. The van der Waals surface area contributed by atoms with Crippen molar-refractivity contribution >= 4 is 70.0 Å². The monoisotopic (exact) mass is 548 g/mol. The minimum atomic E-state index is -0.633. The fourth-order valence-corrected chi connectivity index (χ4v) is 5.44. The van der Waals surface area contributed by atoms with E-state index in [1.807, 2.05) is 6.92 Å². The van der Waals surface area contributed by atoms with Crippen LogP contribution >= 0.6 is 58.2 Å². The summed E-state index contributed by atoms with van der Waals surface area (Å²) < 4.78 is 0. The molecule has 0 unspecified atom stereocenters. The van der Waals surface area contributed by atoms with Gasteiger partial charge in [-0.15, -0.1) is 11.8 Å². The fourth-order valence-electron chi connectivity index (χ4n) is 3.27. The van der Waals surface area contributed by atoms with Gasteiger partial charge in [-0.2, -0.15) is 0 Å². The van der Waals surface area contributed by atoms with E-state index in [2.05, 4.69) is 12.2 Å². The van der Waals surface area contributed by atoms with Crippen molar-refractivity contribution in [3.05, 3.63) is 67.6 Å². The van der Waals surface area contributed by atoms with Crippen LogP contribution in [0.3, 0.4) is 0 Å². The van der Waals surface area contributed by atoms with Crippen molar-refractivity contribution < 1.29 is 9.59 Å². The maximum atomic E-state index is 13.3. The average molecular weight is 550 g/mol. The third kappa shape index (κ3) is 8.25. The quantitative estimate of drug-likeness (QED) is 0.283. The van der Waals surface area contributed by atoms with Gasteiger partial charge >= 0.3 is 0 Å². The summed E-state index contributed by atoms with van der Waals surface area (Å²) in [5.74, 6) is 0.269. The van der Waals surface area contributed by atoms with Gasteiger partial charge in [-0.1, -0.05) is 78.8 Å². The Morgan fingerprint density at radius 1 is 0.939 bits per heavy atom. The first-order valence-electron chi connectivity index (χ1n) is 10.8. The van der Waals surface area contributed by atoms with Crippen molar-refractivity contribution in [1.29, 1.82) is 0 Å². The molecule has 33 heavy (non-hydrogen) atoms. The highest BCUT2D eigenvalue weighted by Gasteiger charge is 2.29. The molecule has 0 radical (unpaired) electrons. The lowest BCUT2D eigenvalue weighted by molar-refractivity contribution is -0.139. The van der Waals surface area contributed by atoms with Gasteiger partial charge in [0.2, 0.25) is 11.8 Å². The van der Waals surface area contributed by atoms with Gasteiger partial charge in [-0.3, -0.25) is 9.59 Å². The molecule has 180 valence electrons. The second kappa shape index (κ2) is 14.3. The summed E-state index contributed by atoms with van der Waals surface area (Å²) >= 11 is 26.6. The van der Waals surface area contributed by atoms with Crippen molar-refractivity contribution in [3.63, 3.8) is 0 Å². The van der Waals surface area contributed by atoms with Gasteiger partial charge in [-0.25, -0.2) is 0 Å². The van der Waals surface area contributed by atoms with E-state index in [1.54, 1.807) is 41.3 Å². The summed E-state index contributed by atoms with van der Waals surface area (Å²) in [6.45, 7) is 4.65. The van der Waals surface area contributed by atoms with Crippen molar-refractivity contribution in [3.8, 4) is 0 Å². The molecule has 2 aromatic carbocycles. The Kier molecular flexibility index (Phi) is 12.2. The minimum Gasteiger partial charge on any atom is -0.354 e. The number of carbonyl (C=O) groups excluding carboxylic acids is 2. The first-order valence-corrected chi connectivity index (χ1v) is 13.5. The molecule has 4 nitrogen and oxygen atoms in total. The number of amides is 2. The molecule has 0 aromatic heterocycles. The molecular weight excluding hydrogens is 522 g/mol. The molecule has 0 saturated heterocycles. The molecule has 0 heterocycles. The van der Waals surface area contributed by atoms with Crippen LogP contribution in [0.15, 0.2) is 36.4 Å². The van der Waals surface area contributed by atoms with Crippen LogP contribution in [0.25, 0.3) is 0 Å². The van der Waals surface area contributed by atoms with Crippen LogP contribution in [0, 0.1) is 0 Å². The van der Waals surface area contributed by atoms with Crippen LogP contribution in [-0.2, 0) is 21.9 Å². The molecule has 1 atom stereocenters. The number of benzene rings is 2. The van der Waals surface area contributed by atoms with E-state index in [0.29, 0.717) is 44.4 Å². The van der Waals surface area contributed by atoms with Gasteiger partial charge in [0, 0.05) is 44.5 Å². The zero-order valence-corrected chi connectivity index (χ0v) is 22.5. The summed E-state index contributed by atoms with van der Waals surface area (Å²) in [7, 11) is 0. The summed E-state index contributed by atoms with van der Waals surface area (Å²) in [6.07, 6.45) is 2.31. The standard InChI is InChI=1S/C24H28Cl4N2O2S/c1-3-5-12-29-24(32)22(4-2)30(13-16-18(25)8-6-9-19(16)26)23(31)15-33-14-17-20(27)10-7-11-21(17)28/h6-11,22H,3-5,12-15H2,1-2H3,(H,29,32)/t22-/m0/s1. The number of hydrogen-bond acceptors (Lipinski definition) is 3. The highest BCUT2D eigenvalue weighted by atomic mass is 35.5. The number of carbonyl (C=O) groups is 2. The Morgan fingerprint density at radius 2 is 1.48 bits per heavy atom. The molecule has 0 bridgehead atoms. The van der Waals surface area contributed by atoms with E-state index in [0.717, 1.165) is 18.4 Å². The van der Waals surface area contributed by atoms with Crippen molar-refractivity contribution in [2.45, 2.75) is 51.4 Å². The van der Waals surface area contributed by atoms with Crippen molar-refractivity contribution in [2.75, 3.05) is 12.3 Å². The Bertz CT molecular complexity index is 918. The summed E-state index contributed by atoms with van der Waals surface area (Å²) in [4.78, 5) is 27.8. The maximum absolute atomic E-state index is 13.3. The Labute approximate surface area is 220 Å². The van der Waals surface area contributed by atoms with Gasteiger partial charge in [-0.05, 0) is 42.7 Å². The molecule has 0 aliphatic heterocycles. The number of thioether (sulfide) groups is 1. The topological polar surface area (TPSA) is 49.4 Å². The molecule has 2 aromatic rings. The molecule has 0 aliphatic rings. The lowest BCUT2D eigenvalue weighted by Crippen LogP contribution is -2.49. The van der Waals surface area contributed by atoms with Crippen LogP contribution in [-0.4, -0.2) is 35.1 Å². The van der Waals surface area contributed by atoms with Crippen molar-refractivity contribution in [2.24, 2.45) is 0 Å². The molecule has 0 saturated carbocycles. The molecular formula is C24H28Cl4N2O2S. The minimum absolute atomic E-state index is 0.143. The van der Waals surface area contributed by atoms with Crippen LogP contribution in [0.1, 0.15) is 44.2 Å². The van der Waals surface area contributed by atoms with Crippen LogP contribution in [0.5, 0.6) is 0 Å². The largest absolute Gasteiger partial charge is 0.354 e. The Morgan fingerprint density at radius 3 is 2.00 bits per heavy atom. The van der Waals surface area contributed by atoms with Gasteiger partial charge in [0.05, 0.1) is 5.75 Å². The van der Waals surface area contributed by atoms with Crippen LogP contribution < -0.4 is 5.32 Å². The summed E-state index contributed by atoms with van der Waals surface area (Å²) in [5.41, 5.74) is 1.40. The molecule has 0 fully saturated rings. The zero-order valence-electron chi connectivity index (χ0n) is 18.7. The Balaban J connectivity index is 2.21. The molecule has 0 spiro atoms. The number of unbranched alkanes of at least 4 members (excludes halogenated alkanes) is 1. The van der Waals surface area contributed by atoms with E-state index < -0.39 is 6.04 Å². The predicted molar refractivity (Wildman–Crippen MR) is 142 cm³/mol. The lowest BCUT2D eigenvalue weighted by atomic mass is 10.1. The maximum Gasteiger partial charge on any atom is 0.242 e. The summed E-state index contributed by atoms with van der Waals surface area (Å²) in [5, 5.41) is 4.97. The smallest absolute Gasteiger partial charge is 0.242 e. The molecule has 0 aliphatic carbocycles. The third-order valence-corrected chi connectivity index (χ3v) is 7.50.